The molecule has 1 aliphatic heterocycles. The molecule has 0 spiro atoms. The number of aromatic nitrogens is 7. The Morgan fingerprint density at radius 2 is 1.56 bits per heavy atom. The van der Waals surface area contributed by atoms with Crippen LogP contribution < -0.4 is 4.90 Å². The van der Waals surface area contributed by atoms with Crippen LogP contribution in [-0.2, 0) is 16.1 Å². The maximum Gasteiger partial charge on any atom is 0.490 e. The van der Waals surface area contributed by atoms with Crippen molar-refractivity contribution in [3.63, 3.8) is 0 Å². The number of rotatable bonds is 6. The Hall–Kier alpha value is -6.10. The molecule has 2 N–H and O–H groups in total. The highest BCUT2D eigenvalue weighted by Gasteiger charge is 2.39. The fraction of sp³-hybridized carbons (Fsp3) is 0.312. The van der Waals surface area contributed by atoms with Gasteiger partial charge in [-0.1, -0.05) is 11.3 Å². The lowest BCUT2D eigenvalue weighted by atomic mass is 10.0. The molecule has 274 valence electrons. The summed E-state index contributed by atoms with van der Waals surface area (Å²) in [5.41, 5.74) is 5.80. The maximum atomic E-state index is 10.6. The van der Waals surface area contributed by atoms with Gasteiger partial charge in [0.1, 0.15) is 17.6 Å². The molecule has 0 aliphatic carbocycles. The first-order chi connectivity index (χ1) is 24.5. The number of nitriles is 1. The minimum atomic E-state index is -5.08. The van der Waals surface area contributed by atoms with Crippen molar-refractivity contribution in [2.75, 3.05) is 31.1 Å². The zero-order chi connectivity index (χ0) is 38.2. The molecule has 1 fully saturated rings. The topological polar surface area (TPSA) is 179 Å². The highest BCUT2D eigenvalue weighted by molar-refractivity contribution is 5.87. The number of hydrogen-bond donors (Lipinski definition) is 2. The van der Waals surface area contributed by atoms with Crippen LogP contribution >= 0.6 is 0 Å². The molecule has 0 unspecified atom stereocenters. The van der Waals surface area contributed by atoms with E-state index >= 15 is 0 Å². The first kappa shape index (κ1) is 38.7. The summed E-state index contributed by atoms with van der Waals surface area (Å²) in [6.45, 7) is 8.73. The molecule has 0 saturated carbocycles. The minimum absolute atomic E-state index is 0.211. The summed E-state index contributed by atoms with van der Waals surface area (Å²) in [5, 5.41) is 37.0. The van der Waals surface area contributed by atoms with E-state index in [1.165, 1.54) is 0 Å². The Bertz CT molecular complexity index is 1990. The molecular formula is C32H30F6N10O4. The third-order valence-corrected chi connectivity index (χ3v) is 7.42. The monoisotopic (exact) mass is 732 g/mol. The second-order valence-corrected chi connectivity index (χ2v) is 11.4. The molecule has 0 atom stereocenters. The van der Waals surface area contributed by atoms with E-state index in [4.69, 9.17) is 24.8 Å². The van der Waals surface area contributed by atoms with Crippen LogP contribution in [0.2, 0.25) is 0 Å². The van der Waals surface area contributed by atoms with Crippen LogP contribution in [0.15, 0.2) is 67.4 Å². The van der Waals surface area contributed by atoms with Gasteiger partial charge in [-0.05, 0) is 44.2 Å². The van der Waals surface area contributed by atoms with Crippen molar-refractivity contribution in [3.05, 3.63) is 78.6 Å². The van der Waals surface area contributed by atoms with E-state index < -0.39 is 24.3 Å². The molecule has 6 rings (SSSR count). The Balaban J connectivity index is 0.000000367. The van der Waals surface area contributed by atoms with Crippen LogP contribution in [0.4, 0.5) is 32.2 Å². The van der Waals surface area contributed by atoms with Crippen LogP contribution in [-0.4, -0.2) is 100 Å². The summed E-state index contributed by atoms with van der Waals surface area (Å²) in [5.74, 6) is -4.56. The van der Waals surface area contributed by atoms with Crippen LogP contribution in [0.25, 0.3) is 27.9 Å². The van der Waals surface area contributed by atoms with Gasteiger partial charge in [0.25, 0.3) is 0 Å². The normalized spacial score (nSPS) is 13.5. The van der Waals surface area contributed by atoms with Crippen LogP contribution in [0, 0.1) is 11.3 Å². The first-order valence-electron chi connectivity index (χ1n) is 15.3. The molecule has 0 amide bonds. The highest BCUT2D eigenvalue weighted by Crippen LogP contribution is 2.32. The number of nitrogens with zero attached hydrogens (tertiary/aromatic N) is 10. The van der Waals surface area contributed by atoms with Gasteiger partial charge in [0.2, 0.25) is 0 Å². The summed E-state index contributed by atoms with van der Waals surface area (Å²) < 4.78 is 67.0. The average Bonchev–Trinajstić information content (AvgIpc) is 3.77. The lowest BCUT2D eigenvalue weighted by Crippen LogP contribution is -2.46. The first-order valence-corrected chi connectivity index (χ1v) is 15.3. The van der Waals surface area contributed by atoms with Gasteiger partial charge in [0.15, 0.2) is 0 Å². The van der Waals surface area contributed by atoms with E-state index in [0.29, 0.717) is 5.56 Å². The summed E-state index contributed by atoms with van der Waals surface area (Å²) in [6, 6.07) is 14.7. The fourth-order valence-electron chi connectivity index (χ4n) is 4.81. The maximum absolute atomic E-state index is 10.6. The second kappa shape index (κ2) is 16.3. The largest absolute Gasteiger partial charge is 0.490 e. The third kappa shape index (κ3) is 10.00. The Kier molecular flexibility index (Phi) is 12.1. The lowest BCUT2D eigenvalue weighted by Gasteiger charge is -2.35. The van der Waals surface area contributed by atoms with Crippen LogP contribution in [0.1, 0.15) is 31.1 Å². The van der Waals surface area contributed by atoms with Crippen molar-refractivity contribution in [1.29, 1.82) is 5.26 Å². The number of hydrogen-bond acceptors (Lipinski definition) is 10. The van der Waals surface area contributed by atoms with Crippen molar-refractivity contribution in [3.8, 4) is 28.5 Å². The van der Waals surface area contributed by atoms with Crippen molar-refractivity contribution in [2.45, 2.75) is 38.8 Å². The fourth-order valence-corrected chi connectivity index (χ4v) is 4.81. The predicted octanol–water partition coefficient (Wildman–Crippen LogP) is 5.09. The molecule has 1 aliphatic rings. The summed E-state index contributed by atoms with van der Waals surface area (Å²) in [4.78, 5) is 31.8. The summed E-state index contributed by atoms with van der Waals surface area (Å²) in [6.07, 6.45) is -1.02. The highest BCUT2D eigenvalue weighted by atomic mass is 19.4. The van der Waals surface area contributed by atoms with E-state index in [1.54, 1.807) is 10.7 Å². The molecule has 14 nitrogen and oxygen atoms in total. The van der Waals surface area contributed by atoms with Gasteiger partial charge < -0.3 is 15.1 Å². The summed E-state index contributed by atoms with van der Waals surface area (Å²) >= 11 is 0. The molecule has 0 radical (unpaired) electrons. The second-order valence-electron chi connectivity index (χ2n) is 11.4. The number of carboxylic acid groups (broad SMARTS) is 2. The van der Waals surface area contributed by atoms with Crippen molar-refractivity contribution in [2.24, 2.45) is 0 Å². The number of fused-ring (bicyclic) bond motifs is 1. The molecular weight excluding hydrogens is 702 g/mol. The van der Waals surface area contributed by atoms with E-state index in [9.17, 15) is 31.6 Å². The van der Waals surface area contributed by atoms with E-state index in [2.05, 4.69) is 68.3 Å². The molecule has 52 heavy (non-hydrogen) atoms. The third-order valence-electron chi connectivity index (χ3n) is 7.42. The van der Waals surface area contributed by atoms with Gasteiger partial charge in [0.05, 0.1) is 29.2 Å². The Morgan fingerprint density at radius 1 is 0.904 bits per heavy atom. The molecule has 1 saturated heterocycles. The van der Waals surface area contributed by atoms with Gasteiger partial charge >= 0.3 is 24.3 Å². The average molecular weight is 733 g/mol. The van der Waals surface area contributed by atoms with Gasteiger partial charge in [-0.3, -0.25) is 9.88 Å². The number of carbonyl (C=O) groups is 2. The lowest BCUT2D eigenvalue weighted by molar-refractivity contribution is -0.193. The zero-order valence-electron chi connectivity index (χ0n) is 27.4. The Morgan fingerprint density at radius 3 is 2.06 bits per heavy atom. The number of anilines is 1. The van der Waals surface area contributed by atoms with Gasteiger partial charge in [-0.25, -0.2) is 23.8 Å². The van der Waals surface area contributed by atoms with Crippen molar-refractivity contribution in [1.82, 2.24) is 39.5 Å². The minimum Gasteiger partial charge on any atom is -0.475 e. The van der Waals surface area contributed by atoms with E-state index in [0.717, 1.165) is 72.1 Å². The van der Waals surface area contributed by atoms with Gasteiger partial charge in [-0.2, -0.15) is 36.7 Å². The standard InChI is InChI=1S/C28H28N10.2C2HF3O2/c1-20(2)37-19-26(33-34-37)22-13-25(28-23(14-29)16-32-38(28)17-22)21-6-7-27(31-15-21)36-11-9-35(10-12-36)18-24-5-3-4-8-30-24;2*3-2(4,5)1(6)7/h3-8,13,15-17,19-20H,9-12,18H2,1-2H3;2*(H,6,7). The molecule has 0 aromatic carbocycles. The number of aliphatic carboxylic acids is 2. The zero-order valence-corrected chi connectivity index (χ0v) is 27.4. The number of carboxylic acids is 2. The predicted molar refractivity (Wildman–Crippen MR) is 172 cm³/mol. The van der Waals surface area contributed by atoms with Crippen molar-refractivity contribution < 1.29 is 46.1 Å². The van der Waals surface area contributed by atoms with Gasteiger partial charge in [0, 0.05) is 74.0 Å². The van der Waals surface area contributed by atoms with Crippen LogP contribution in [0.5, 0.6) is 0 Å². The molecule has 6 heterocycles. The molecule has 0 bridgehead atoms. The van der Waals surface area contributed by atoms with Gasteiger partial charge in [-0.15, -0.1) is 5.10 Å². The smallest absolute Gasteiger partial charge is 0.475 e. The van der Waals surface area contributed by atoms with Crippen LogP contribution in [0.3, 0.4) is 0 Å². The number of halogens is 6. The number of pyridine rings is 3. The summed E-state index contributed by atoms with van der Waals surface area (Å²) in [7, 11) is 0. The molecule has 5 aromatic rings. The molecule has 20 heteroatoms. The SMILES string of the molecule is CC(C)n1cc(-c2cc(-c3ccc(N4CCN(Cc5ccccn5)CC4)nc3)c3c(C#N)cnn3c2)nn1.O=C(O)C(F)(F)F.O=C(O)C(F)(F)F. The Labute approximate surface area is 291 Å². The number of alkyl halides is 6. The quantitative estimate of drug-likeness (QED) is 0.221. The molecule has 5 aromatic heterocycles. The van der Waals surface area contributed by atoms with Crippen molar-refractivity contribution >= 4 is 23.3 Å². The van der Waals surface area contributed by atoms with E-state index in [-0.39, 0.29) is 6.04 Å². The van der Waals surface area contributed by atoms with E-state index in [1.807, 2.05) is 47.7 Å². The number of piperazine rings is 1.